The molecule has 0 bridgehead atoms. The van der Waals surface area contributed by atoms with E-state index < -0.39 is 0 Å². The van der Waals surface area contributed by atoms with E-state index in [0.717, 1.165) is 39.0 Å². The third-order valence-corrected chi connectivity index (χ3v) is 3.38. The predicted octanol–water partition coefficient (Wildman–Crippen LogP) is 1.49. The summed E-state index contributed by atoms with van der Waals surface area (Å²) in [5, 5.41) is 3.23. The Morgan fingerprint density at radius 1 is 1.47 bits per heavy atom. The molecule has 88 valence electrons. The highest BCUT2D eigenvalue weighted by Crippen LogP contribution is 2.18. The fraction of sp³-hybridized carbons (Fsp3) is 0.917. The summed E-state index contributed by atoms with van der Waals surface area (Å²) in [6.45, 7) is 10.1. The topological polar surface area (TPSA) is 32.3 Å². The highest BCUT2D eigenvalue weighted by atomic mass is 16.2. The molecule has 0 aromatic heterocycles. The minimum atomic E-state index is 0.197. The summed E-state index contributed by atoms with van der Waals surface area (Å²) < 4.78 is 0. The van der Waals surface area contributed by atoms with Gasteiger partial charge in [0.1, 0.15) is 0 Å². The zero-order valence-electron chi connectivity index (χ0n) is 10.3. The Kier molecular flexibility index (Phi) is 5.09. The van der Waals surface area contributed by atoms with Crippen LogP contribution in [0.2, 0.25) is 0 Å². The molecule has 1 amide bonds. The Hall–Kier alpha value is -0.570. The molecule has 0 aromatic rings. The van der Waals surface area contributed by atoms with Gasteiger partial charge in [0.15, 0.2) is 0 Å². The summed E-state index contributed by atoms with van der Waals surface area (Å²) in [6.07, 6.45) is 2.28. The molecule has 3 nitrogen and oxygen atoms in total. The second kappa shape index (κ2) is 6.11. The first-order valence-corrected chi connectivity index (χ1v) is 6.20. The van der Waals surface area contributed by atoms with Crippen LogP contribution in [-0.4, -0.2) is 37.0 Å². The van der Waals surface area contributed by atoms with Crippen LogP contribution < -0.4 is 5.32 Å². The van der Waals surface area contributed by atoms with Crippen molar-refractivity contribution in [3.05, 3.63) is 0 Å². The molecule has 0 spiro atoms. The van der Waals surface area contributed by atoms with E-state index in [0.29, 0.717) is 11.8 Å². The second-order valence-electron chi connectivity index (χ2n) is 4.48. The fourth-order valence-corrected chi connectivity index (χ4v) is 1.93. The standard InChI is InChI=1S/C12H24N2O/c1-4-6-7-14(5-2)12(15)10(3)11-8-13-9-11/h10-11,13H,4-9H2,1-3H3. The van der Waals surface area contributed by atoms with Crippen LogP contribution in [0.3, 0.4) is 0 Å². The number of hydrogen-bond donors (Lipinski definition) is 1. The van der Waals surface area contributed by atoms with E-state index in [1.807, 2.05) is 4.90 Å². The van der Waals surface area contributed by atoms with Crippen LogP contribution in [0, 0.1) is 11.8 Å². The summed E-state index contributed by atoms with van der Waals surface area (Å²) in [5.74, 6) is 1.11. The van der Waals surface area contributed by atoms with Gasteiger partial charge >= 0.3 is 0 Å². The lowest BCUT2D eigenvalue weighted by molar-refractivity contribution is -0.137. The summed E-state index contributed by atoms with van der Waals surface area (Å²) in [4.78, 5) is 14.1. The zero-order valence-corrected chi connectivity index (χ0v) is 10.3. The summed E-state index contributed by atoms with van der Waals surface area (Å²) >= 11 is 0. The van der Waals surface area contributed by atoms with E-state index in [4.69, 9.17) is 0 Å². The van der Waals surface area contributed by atoms with Gasteiger partial charge in [-0.15, -0.1) is 0 Å². The van der Waals surface area contributed by atoms with E-state index in [1.54, 1.807) is 0 Å². The quantitative estimate of drug-likeness (QED) is 0.723. The first-order chi connectivity index (χ1) is 7.20. The first-order valence-electron chi connectivity index (χ1n) is 6.20. The van der Waals surface area contributed by atoms with Crippen molar-refractivity contribution in [2.24, 2.45) is 11.8 Å². The van der Waals surface area contributed by atoms with Crippen LogP contribution in [-0.2, 0) is 4.79 Å². The molecule has 3 heteroatoms. The molecule has 0 saturated carbocycles. The molecule has 1 unspecified atom stereocenters. The molecule has 1 saturated heterocycles. The number of nitrogens with zero attached hydrogens (tertiary/aromatic N) is 1. The van der Waals surface area contributed by atoms with E-state index in [2.05, 4.69) is 26.1 Å². The van der Waals surface area contributed by atoms with Crippen molar-refractivity contribution < 1.29 is 4.79 Å². The van der Waals surface area contributed by atoms with Crippen molar-refractivity contribution in [3.8, 4) is 0 Å². The smallest absolute Gasteiger partial charge is 0.225 e. The van der Waals surface area contributed by atoms with Gasteiger partial charge in [-0.2, -0.15) is 0 Å². The molecule has 0 radical (unpaired) electrons. The van der Waals surface area contributed by atoms with E-state index >= 15 is 0 Å². The molecule has 1 atom stereocenters. The molecular weight excluding hydrogens is 188 g/mol. The lowest BCUT2D eigenvalue weighted by Gasteiger charge is -2.34. The average molecular weight is 212 g/mol. The Balaban J connectivity index is 2.39. The first kappa shape index (κ1) is 12.5. The lowest BCUT2D eigenvalue weighted by Crippen LogP contribution is -2.50. The zero-order chi connectivity index (χ0) is 11.3. The minimum absolute atomic E-state index is 0.197. The van der Waals surface area contributed by atoms with Gasteiger partial charge < -0.3 is 10.2 Å². The van der Waals surface area contributed by atoms with Crippen molar-refractivity contribution in [1.29, 1.82) is 0 Å². The van der Waals surface area contributed by atoms with Gasteiger partial charge in [0, 0.05) is 19.0 Å². The van der Waals surface area contributed by atoms with Crippen molar-refractivity contribution in [3.63, 3.8) is 0 Å². The van der Waals surface area contributed by atoms with Crippen molar-refractivity contribution in [2.75, 3.05) is 26.2 Å². The Morgan fingerprint density at radius 2 is 2.13 bits per heavy atom. The monoisotopic (exact) mass is 212 g/mol. The highest BCUT2D eigenvalue weighted by Gasteiger charge is 2.30. The number of rotatable bonds is 6. The van der Waals surface area contributed by atoms with Gasteiger partial charge in [-0.05, 0) is 32.4 Å². The molecular formula is C12H24N2O. The Bertz CT molecular complexity index is 202. The summed E-state index contributed by atoms with van der Waals surface area (Å²) in [5.41, 5.74) is 0. The normalized spacial score (nSPS) is 18.3. The van der Waals surface area contributed by atoms with E-state index in [-0.39, 0.29) is 5.92 Å². The van der Waals surface area contributed by atoms with Crippen LogP contribution in [0.4, 0.5) is 0 Å². The molecule has 1 aliphatic heterocycles. The molecule has 1 heterocycles. The fourth-order valence-electron chi connectivity index (χ4n) is 1.93. The van der Waals surface area contributed by atoms with E-state index in [9.17, 15) is 4.79 Å². The van der Waals surface area contributed by atoms with Crippen LogP contribution >= 0.6 is 0 Å². The second-order valence-corrected chi connectivity index (χ2v) is 4.48. The third kappa shape index (κ3) is 3.20. The average Bonchev–Trinajstić information content (AvgIpc) is 2.16. The van der Waals surface area contributed by atoms with E-state index in [1.165, 1.54) is 0 Å². The van der Waals surface area contributed by atoms with Gasteiger partial charge in [0.2, 0.25) is 5.91 Å². The number of carbonyl (C=O) groups excluding carboxylic acids is 1. The Morgan fingerprint density at radius 3 is 2.53 bits per heavy atom. The molecule has 1 rings (SSSR count). The number of carbonyl (C=O) groups is 1. The largest absolute Gasteiger partial charge is 0.343 e. The van der Waals surface area contributed by atoms with Crippen molar-refractivity contribution >= 4 is 5.91 Å². The maximum Gasteiger partial charge on any atom is 0.225 e. The van der Waals surface area contributed by atoms with Crippen molar-refractivity contribution in [2.45, 2.75) is 33.6 Å². The Labute approximate surface area is 93.2 Å². The van der Waals surface area contributed by atoms with Gasteiger partial charge in [-0.1, -0.05) is 20.3 Å². The number of hydrogen-bond acceptors (Lipinski definition) is 2. The number of unbranched alkanes of at least 4 members (excludes halogenated alkanes) is 1. The lowest BCUT2D eigenvalue weighted by atomic mass is 9.88. The van der Waals surface area contributed by atoms with Crippen molar-refractivity contribution in [1.82, 2.24) is 10.2 Å². The van der Waals surface area contributed by atoms with Gasteiger partial charge in [-0.3, -0.25) is 4.79 Å². The molecule has 1 N–H and O–H groups in total. The number of nitrogens with one attached hydrogen (secondary N) is 1. The van der Waals surface area contributed by atoms with Crippen LogP contribution in [0.5, 0.6) is 0 Å². The molecule has 1 fully saturated rings. The maximum absolute atomic E-state index is 12.1. The SMILES string of the molecule is CCCCN(CC)C(=O)C(C)C1CNC1. The third-order valence-electron chi connectivity index (χ3n) is 3.38. The molecule has 1 aliphatic rings. The van der Waals surface area contributed by atoms with Crippen LogP contribution in [0.1, 0.15) is 33.6 Å². The summed E-state index contributed by atoms with van der Waals surface area (Å²) in [6, 6.07) is 0. The van der Waals surface area contributed by atoms with Gasteiger partial charge in [0.25, 0.3) is 0 Å². The van der Waals surface area contributed by atoms with Crippen LogP contribution in [0.25, 0.3) is 0 Å². The van der Waals surface area contributed by atoms with Crippen LogP contribution in [0.15, 0.2) is 0 Å². The highest BCUT2D eigenvalue weighted by molar-refractivity contribution is 5.79. The van der Waals surface area contributed by atoms with Gasteiger partial charge in [0.05, 0.1) is 0 Å². The maximum atomic E-state index is 12.1. The minimum Gasteiger partial charge on any atom is -0.343 e. The number of amides is 1. The predicted molar refractivity (Wildman–Crippen MR) is 62.7 cm³/mol. The molecule has 0 aliphatic carbocycles. The van der Waals surface area contributed by atoms with Gasteiger partial charge in [-0.25, -0.2) is 0 Å². The molecule has 0 aromatic carbocycles. The molecule has 15 heavy (non-hydrogen) atoms. The summed E-state index contributed by atoms with van der Waals surface area (Å²) in [7, 11) is 0.